The number of hydrogen-bond donors (Lipinski definition) is 0. The minimum Gasteiger partial charge on any atom is -0.496 e. The number of Topliss-reactive ketones (excluding diaryl/α,β-unsaturated/α-hetero) is 1. The van der Waals surface area contributed by atoms with Crippen molar-refractivity contribution in [3.05, 3.63) is 70.7 Å². The molecule has 1 fully saturated rings. The summed E-state index contributed by atoms with van der Waals surface area (Å²) in [6, 6.07) is 18.8. The van der Waals surface area contributed by atoms with Gasteiger partial charge in [0, 0.05) is 35.8 Å². The molecule has 1 aromatic heterocycles. The minimum atomic E-state index is 0.0278. The van der Waals surface area contributed by atoms with Gasteiger partial charge < -0.3 is 18.6 Å². The fourth-order valence-electron chi connectivity index (χ4n) is 4.77. The van der Waals surface area contributed by atoms with E-state index in [0.717, 1.165) is 35.8 Å². The number of ketones is 1. The first-order valence-corrected chi connectivity index (χ1v) is 13.1. The van der Waals surface area contributed by atoms with Crippen LogP contribution in [0.15, 0.2) is 59.0 Å². The first-order chi connectivity index (χ1) is 18.5. The predicted octanol–water partition coefficient (Wildman–Crippen LogP) is 7.84. The molecule has 0 amide bonds. The van der Waals surface area contributed by atoms with Gasteiger partial charge in [0.05, 0.1) is 36.5 Å². The molecule has 4 aromatic rings. The number of nitrogens with zero attached hydrogens (tertiary/aromatic N) is 1. The van der Waals surface area contributed by atoms with E-state index in [1.807, 2.05) is 43.3 Å². The smallest absolute Gasteiger partial charge is 0.162 e. The van der Waals surface area contributed by atoms with Crippen molar-refractivity contribution in [3.63, 3.8) is 0 Å². The third kappa shape index (κ3) is 5.13. The van der Waals surface area contributed by atoms with Crippen LogP contribution in [-0.2, 0) is 4.74 Å². The molecular weight excluding hydrogens is 502 g/mol. The van der Waals surface area contributed by atoms with E-state index < -0.39 is 0 Å². The van der Waals surface area contributed by atoms with Crippen molar-refractivity contribution in [1.29, 1.82) is 5.26 Å². The normalized spacial score (nSPS) is 13.8. The number of carbonyl (C=O) groups is 1. The van der Waals surface area contributed by atoms with Gasteiger partial charge >= 0.3 is 0 Å². The van der Waals surface area contributed by atoms with Gasteiger partial charge in [-0.1, -0.05) is 30.7 Å². The van der Waals surface area contributed by atoms with E-state index in [1.165, 1.54) is 0 Å². The Morgan fingerprint density at radius 1 is 1.08 bits per heavy atom. The quantitative estimate of drug-likeness (QED) is 0.216. The van der Waals surface area contributed by atoms with Crippen LogP contribution >= 0.6 is 11.6 Å². The number of benzene rings is 3. The van der Waals surface area contributed by atoms with Crippen molar-refractivity contribution in [1.82, 2.24) is 0 Å². The maximum Gasteiger partial charge on any atom is 0.162 e. The van der Waals surface area contributed by atoms with Crippen LogP contribution in [0.5, 0.6) is 11.5 Å². The predicted molar refractivity (Wildman–Crippen MR) is 147 cm³/mol. The molecule has 2 heterocycles. The van der Waals surface area contributed by atoms with Crippen LogP contribution in [0.3, 0.4) is 0 Å². The van der Waals surface area contributed by atoms with Crippen LogP contribution in [-0.4, -0.2) is 32.2 Å². The first kappa shape index (κ1) is 25.8. The molecule has 1 saturated heterocycles. The fourth-order valence-corrected chi connectivity index (χ4v) is 5.03. The summed E-state index contributed by atoms with van der Waals surface area (Å²) < 4.78 is 23.5. The standard InChI is InChI=1S/C31H28ClNO5/c1-3-4-26(34)19-5-8-24(28(16-19)35-2)29-17-21-6-9-25(32)30(31(21)38-29)20-7-10-27(22(15-20)18-33)37-23-11-13-36-14-12-23/h5-10,15-17,23H,3-4,11-14H2,1-2H3. The van der Waals surface area contributed by atoms with Crippen molar-refractivity contribution in [2.75, 3.05) is 20.3 Å². The van der Waals surface area contributed by atoms with Crippen molar-refractivity contribution in [2.24, 2.45) is 0 Å². The van der Waals surface area contributed by atoms with E-state index >= 15 is 0 Å². The van der Waals surface area contributed by atoms with Crippen LogP contribution in [0, 0.1) is 11.3 Å². The Labute approximate surface area is 226 Å². The Balaban J connectivity index is 1.54. The monoisotopic (exact) mass is 529 g/mol. The van der Waals surface area contributed by atoms with E-state index in [9.17, 15) is 10.1 Å². The SMILES string of the molecule is CCCC(=O)c1ccc(-c2cc3ccc(Cl)c(-c4ccc(OC5CCOCC5)c(C#N)c4)c3o2)c(OC)c1. The number of halogens is 1. The molecule has 3 aromatic carbocycles. The Kier molecular flexibility index (Phi) is 7.69. The van der Waals surface area contributed by atoms with Gasteiger partial charge in [-0.2, -0.15) is 5.26 Å². The Bertz CT molecular complexity index is 1530. The average Bonchev–Trinajstić information content (AvgIpc) is 3.37. The lowest BCUT2D eigenvalue weighted by Crippen LogP contribution is -2.26. The maximum absolute atomic E-state index is 12.4. The topological polar surface area (TPSA) is 81.7 Å². The summed E-state index contributed by atoms with van der Waals surface area (Å²) >= 11 is 6.68. The van der Waals surface area contributed by atoms with Gasteiger partial charge in [0.1, 0.15) is 35.0 Å². The molecule has 5 rings (SSSR count). The Hall–Kier alpha value is -3.79. The second-order valence-corrected chi connectivity index (χ2v) is 9.70. The van der Waals surface area contributed by atoms with E-state index in [0.29, 0.717) is 64.2 Å². The highest BCUT2D eigenvalue weighted by atomic mass is 35.5. The van der Waals surface area contributed by atoms with Crippen molar-refractivity contribution in [3.8, 4) is 40.0 Å². The number of methoxy groups -OCH3 is 1. The van der Waals surface area contributed by atoms with E-state index in [1.54, 1.807) is 25.3 Å². The van der Waals surface area contributed by atoms with Gasteiger partial charge in [-0.15, -0.1) is 0 Å². The molecule has 1 aliphatic rings. The second kappa shape index (κ2) is 11.3. The zero-order valence-corrected chi connectivity index (χ0v) is 22.1. The lowest BCUT2D eigenvalue weighted by atomic mass is 10.0. The van der Waals surface area contributed by atoms with Gasteiger partial charge in [-0.05, 0) is 54.4 Å². The van der Waals surface area contributed by atoms with E-state index in [2.05, 4.69) is 6.07 Å². The summed E-state index contributed by atoms with van der Waals surface area (Å²) in [5.41, 5.74) is 3.82. The molecule has 0 radical (unpaired) electrons. The van der Waals surface area contributed by atoms with Gasteiger partial charge in [0.15, 0.2) is 5.78 Å². The maximum atomic E-state index is 12.4. The third-order valence-electron chi connectivity index (χ3n) is 6.75. The average molecular weight is 530 g/mol. The fraction of sp³-hybridized carbons (Fsp3) is 0.290. The number of furan rings is 1. The van der Waals surface area contributed by atoms with Crippen LogP contribution < -0.4 is 9.47 Å². The molecule has 0 spiro atoms. The van der Waals surface area contributed by atoms with E-state index in [-0.39, 0.29) is 11.9 Å². The first-order valence-electron chi connectivity index (χ1n) is 12.7. The molecular formula is C31H28ClNO5. The van der Waals surface area contributed by atoms with Crippen LogP contribution in [0.2, 0.25) is 5.02 Å². The van der Waals surface area contributed by atoms with Crippen molar-refractivity contribution >= 4 is 28.4 Å². The number of rotatable bonds is 8. The molecule has 1 aliphatic heterocycles. The molecule has 0 atom stereocenters. The highest BCUT2D eigenvalue weighted by Gasteiger charge is 2.21. The molecule has 0 bridgehead atoms. The summed E-state index contributed by atoms with van der Waals surface area (Å²) in [7, 11) is 1.57. The van der Waals surface area contributed by atoms with Gasteiger partial charge in [-0.25, -0.2) is 0 Å². The minimum absolute atomic E-state index is 0.0278. The molecule has 0 aliphatic carbocycles. The summed E-state index contributed by atoms with van der Waals surface area (Å²) in [5.74, 6) is 1.78. The highest BCUT2D eigenvalue weighted by Crippen LogP contribution is 2.42. The van der Waals surface area contributed by atoms with Crippen LogP contribution in [0.25, 0.3) is 33.4 Å². The summed E-state index contributed by atoms with van der Waals surface area (Å²) in [4.78, 5) is 12.4. The highest BCUT2D eigenvalue weighted by molar-refractivity contribution is 6.34. The molecule has 6 nitrogen and oxygen atoms in total. The third-order valence-corrected chi connectivity index (χ3v) is 7.07. The second-order valence-electron chi connectivity index (χ2n) is 9.29. The Morgan fingerprint density at radius 2 is 1.89 bits per heavy atom. The number of ether oxygens (including phenoxy) is 3. The van der Waals surface area contributed by atoms with Crippen molar-refractivity contribution < 1.29 is 23.4 Å². The summed E-state index contributed by atoms with van der Waals surface area (Å²) in [6.45, 7) is 3.30. The number of fused-ring (bicyclic) bond motifs is 1. The van der Waals surface area contributed by atoms with Crippen molar-refractivity contribution in [2.45, 2.75) is 38.7 Å². The molecule has 194 valence electrons. The summed E-state index contributed by atoms with van der Waals surface area (Å²) in [6.07, 6.45) is 2.89. The van der Waals surface area contributed by atoms with Crippen LogP contribution in [0.1, 0.15) is 48.5 Å². The van der Waals surface area contributed by atoms with Gasteiger partial charge in [0.25, 0.3) is 0 Å². The number of hydrogen-bond acceptors (Lipinski definition) is 6. The Morgan fingerprint density at radius 3 is 2.63 bits per heavy atom. The van der Waals surface area contributed by atoms with Gasteiger partial charge in [0.2, 0.25) is 0 Å². The molecule has 38 heavy (non-hydrogen) atoms. The van der Waals surface area contributed by atoms with E-state index in [4.69, 9.17) is 30.2 Å². The molecule has 0 unspecified atom stereocenters. The zero-order valence-electron chi connectivity index (χ0n) is 21.4. The van der Waals surface area contributed by atoms with Crippen LogP contribution in [0.4, 0.5) is 0 Å². The molecule has 0 saturated carbocycles. The van der Waals surface area contributed by atoms with Gasteiger partial charge in [-0.3, -0.25) is 4.79 Å². The summed E-state index contributed by atoms with van der Waals surface area (Å²) in [5, 5.41) is 11.2. The lowest BCUT2D eigenvalue weighted by molar-refractivity contribution is 0.0254. The largest absolute Gasteiger partial charge is 0.496 e. The molecule has 0 N–H and O–H groups in total. The molecule has 7 heteroatoms. The lowest BCUT2D eigenvalue weighted by Gasteiger charge is -2.24. The number of carbonyl (C=O) groups excluding carboxylic acids is 1. The zero-order chi connectivity index (χ0) is 26.6. The number of nitriles is 1.